The van der Waals surface area contributed by atoms with Gasteiger partial charge >= 0.3 is 0 Å². The van der Waals surface area contributed by atoms with Crippen LogP contribution in [0.25, 0.3) is 0 Å². The number of nitrogens with one attached hydrogen (secondary N) is 1. The van der Waals surface area contributed by atoms with Gasteiger partial charge in [0, 0.05) is 19.0 Å². The summed E-state index contributed by atoms with van der Waals surface area (Å²) in [5, 5.41) is 3.49. The SMILES string of the molecule is C[C@@H]1COCCN1C(=O)CCC1CCCCN1. The van der Waals surface area contributed by atoms with Crippen molar-refractivity contribution in [2.24, 2.45) is 0 Å². The summed E-state index contributed by atoms with van der Waals surface area (Å²) in [6.07, 6.45) is 5.49. The van der Waals surface area contributed by atoms with Crippen molar-refractivity contribution in [1.29, 1.82) is 0 Å². The maximum absolute atomic E-state index is 12.1. The number of carbonyl (C=O) groups excluding carboxylic acids is 1. The van der Waals surface area contributed by atoms with E-state index in [1.54, 1.807) is 0 Å². The van der Waals surface area contributed by atoms with Crippen LogP contribution in [0.4, 0.5) is 0 Å². The van der Waals surface area contributed by atoms with Gasteiger partial charge in [-0.1, -0.05) is 6.42 Å². The van der Waals surface area contributed by atoms with Gasteiger partial charge in [-0.25, -0.2) is 0 Å². The summed E-state index contributed by atoms with van der Waals surface area (Å²) in [5.74, 6) is 0.299. The summed E-state index contributed by atoms with van der Waals surface area (Å²) in [6, 6.07) is 0.805. The quantitative estimate of drug-likeness (QED) is 0.805. The molecular weight excluding hydrogens is 216 g/mol. The van der Waals surface area contributed by atoms with Gasteiger partial charge in [-0.05, 0) is 32.7 Å². The summed E-state index contributed by atoms with van der Waals surface area (Å²) in [7, 11) is 0. The number of rotatable bonds is 3. The van der Waals surface area contributed by atoms with E-state index in [0.717, 1.165) is 19.5 Å². The molecule has 2 rings (SSSR count). The molecular formula is C13H24N2O2. The Morgan fingerprint density at radius 2 is 2.35 bits per heavy atom. The first-order valence-corrected chi connectivity index (χ1v) is 6.88. The first-order valence-electron chi connectivity index (χ1n) is 6.88. The fourth-order valence-corrected chi connectivity index (χ4v) is 2.71. The molecule has 2 atom stereocenters. The van der Waals surface area contributed by atoms with Gasteiger partial charge in [-0.15, -0.1) is 0 Å². The Morgan fingerprint density at radius 3 is 3.06 bits per heavy atom. The average molecular weight is 240 g/mol. The topological polar surface area (TPSA) is 41.6 Å². The third-order valence-corrected chi connectivity index (χ3v) is 3.81. The lowest BCUT2D eigenvalue weighted by molar-refractivity contribution is -0.139. The summed E-state index contributed by atoms with van der Waals surface area (Å²) < 4.78 is 5.35. The number of nitrogens with zero attached hydrogens (tertiary/aromatic N) is 1. The number of piperidine rings is 1. The Hall–Kier alpha value is -0.610. The molecule has 1 amide bonds. The summed E-state index contributed by atoms with van der Waals surface area (Å²) in [5.41, 5.74) is 0. The van der Waals surface area contributed by atoms with E-state index in [4.69, 9.17) is 4.74 Å². The second-order valence-electron chi connectivity index (χ2n) is 5.20. The van der Waals surface area contributed by atoms with Gasteiger partial charge in [-0.2, -0.15) is 0 Å². The molecule has 1 N–H and O–H groups in total. The van der Waals surface area contributed by atoms with Gasteiger partial charge < -0.3 is 15.0 Å². The van der Waals surface area contributed by atoms with Gasteiger partial charge in [0.1, 0.15) is 0 Å². The van der Waals surface area contributed by atoms with Crippen molar-refractivity contribution < 1.29 is 9.53 Å². The second kappa shape index (κ2) is 6.36. The monoisotopic (exact) mass is 240 g/mol. The number of ether oxygens (including phenoxy) is 1. The third-order valence-electron chi connectivity index (χ3n) is 3.81. The zero-order chi connectivity index (χ0) is 12.1. The Morgan fingerprint density at radius 1 is 1.47 bits per heavy atom. The molecule has 0 saturated carbocycles. The standard InChI is InChI=1S/C13H24N2O2/c1-11-10-17-9-8-15(11)13(16)6-5-12-4-2-3-7-14-12/h11-12,14H,2-10H2,1H3/t11-,12?/m1/s1. The van der Waals surface area contributed by atoms with E-state index < -0.39 is 0 Å². The van der Waals surface area contributed by atoms with Crippen LogP contribution in [-0.4, -0.2) is 49.2 Å². The van der Waals surface area contributed by atoms with E-state index in [9.17, 15) is 4.79 Å². The summed E-state index contributed by atoms with van der Waals surface area (Å²) in [6.45, 7) is 5.33. The molecule has 0 aliphatic carbocycles. The number of amides is 1. The molecule has 4 heteroatoms. The minimum absolute atomic E-state index is 0.246. The third kappa shape index (κ3) is 3.68. The number of hydrogen-bond donors (Lipinski definition) is 1. The molecule has 1 unspecified atom stereocenters. The highest BCUT2D eigenvalue weighted by atomic mass is 16.5. The molecule has 4 nitrogen and oxygen atoms in total. The number of morpholine rings is 1. The van der Waals surface area contributed by atoms with Crippen LogP contribution in [0.5, 0.6) is 0 Å². The van der Waals surface area contributed by atoms with Crippen molar-refractivity contribution in [3.63, 3.8) is 0 Å². The van der Waals surface area contributed by atoms with Crippen LogP contribution in [-0.2, 0) is 9.53 Å². The molecule has 0 bridgehead atoms. The highest BCUT2D eigenvalue weighted by Crippen LogP contribution is 2.14. The van der Waals surface area contributed by atoms with Crippen molar-refractivity contribution in [1.82, 2.24) is 10.2 Å². The van der Waals surface area contributed by atoms with Crippen molar-refractivity contribution in [2.45, 2.75) is 51.1 Å². The zero-order valence-electron chi connectivity index (χ0n) is 10.8. The van der Waals surface area contributed by atoms with E-state index in [0.29, 0.717) is 31.6 Å². The maximum Gasteiger partial charge on any atom is 0.223 e. The van der Waals surface area contributed by atoms with Crippen molar-refractivity contribution >= 4 is 5.91 Å². The van der Waals surface area contributed by atoms with Crippen molar-refractivity contribution in [2.75, 3.05) is 26.3 Å². The lowest BCUT2D eigenvalue weighted by Gasteiger charge is -2.34. The van der Waals surface area contributed by atoms with Crippen LogP contribution in [0.1, 0.15) is 39.0 Å². The highest BCUT2D eigenvalue weighted by Gasteiger charge is 2.24. The molecule has 2 saturated heterocycles. The largest absolute Gasteiger partial charge is 0.377 e. The molecule has 2 fully saturated rings. The lowest BCUT2D eigenvalue weighted by Crippen LogP contribution is -2.47. The van der Waals surface area contributed by atoms with Crippen LogP contribution >= 0.6 is 0 Å². The van der Waals surface area contributed by atoms with Gasteiger partial charge in [0.05, 0.1) is 19.3 Å². The fraction of sp³-hybridized carbons (Fsp3) is 0.923. The van der Waals surface area contributed by atoms with Crippen LogP contribution in [0.2, 0.25) is 0 Å². The van der Waals surface area contributed by atoms with Gasteiger partial charge in [0.15, 0.2) is 0 Å². The smallest absolute Gasteiger partial charge is 0.223 e. The zero-order valence-corrected chi connectivity index (χ0v) is 10.8. The molecule has 2 aliphatic heterocycles. The average Bonchev–Trinajstić information content (AvgIpc) is 2.38. The molecule has 98 valence electrons. The first-order chi connectivity index (χ1) is 8.27. The molecule has 0 spiro atoms. The van der Waals surface area contributed by atoms with Gasteiger partial charge in [0.2, 0.25) is 5.91 Å². The van der Waals surface area contributed by atoms with E-state index in [-0.39, 0.29) is 6.04 Å². The normalized spacial score (nSPS) is 30.3. The van der Waals surface area contributed by atoms with Gasteiger partial charge in [-0.3, -0.25) is 4.79 Å². The molecule has 0 aromatic carbocycles. The lowest BCUT2D eigenvalue weighted by atomic mass is 10.00. The van der Waals surface area contributed by atoms with Crippen LogP contribution in [0.15, 0.2) is 0 Å². The molecule has 0 aromatic heterocycles. The van der Waals surface area contributed by atoms with Crippen LogP contribution < -0.4 is 5.32 Å². The minimum atomic E-state index is 0.246. The Bertz CT molecular complexity index is 252. The van der Waals surface area contributed by atoms with Crippen molar-refractivity contribution in [3.8, 4) is 0 Å². The van der Waals surface area contributed by atoms with E-state index in [1.165, 1.54) is 19.3 Å². The number of carbonyl (C=O) groups is 1. The van der Waals surface area contributed by atoms with Gasteiger partial charge in [0.25, 0.3) is 0 Å². The van der Waals surface area contributed by atoms with Crippen molar-refractivity contribution in [3.05, 3.63) is 0 Å². The van der Waals surface area contributed by atoms with E-state index in [1.807, 2.05) is 4.90 Å². The van der Waals surface area contributed by atoms with E-state index in [2.05, 4.69) is 12.2 Å². The van der Waals surface area contributed by atoms with Crippen LogP contribution in [0.3, 0.4) is 0 Å². The Balaban J connectivity index is 1.72. The Kier molecular flexibility index (Phi) is 4.80. The fourth-order valence-electron chi connectivity index (χ4n) is 2.71. The molecule has 2 aliphatic rings. The maximum atomic E-state index is 12.1. The first kappa shape index (κ1) is 12.8. The summed E-state index contributed by atoms with van der Waals surface area (Å²) in [4.78, 5) is 14.1. The second-order valence-corrected chi connectivity index (χ2v) is 5.20. The predicted octanol–water partition coefficient (Wildman–Crippen LogP) is 1.16. The van der Waals surface area contributed by atoms with E-state index >= 15 is 0 Å². The predicted molar refractivity (Wildman–Crippen MR) is 66.9 cm³/mol. The molecule has 0 radical (unpaired) electrons. The Labute approximate surface area is 104 Å². The van der Waals surface area contributed by atoms with Crippen LogP contribution in [0, 0.1) is 0 Å². The highest BCUT2D eigenvalue weighted by molar-refractivity contribution is 5.76. The number of hydrogen-bond acceptors (Lipinski definition) is 3. The summed E-state index contributed by atoms with van der Waals surface area (Å²) >= 11 is 0. The minimum Gasteiger partial charge on any atom is -0.377 e. The molecule has 17 heavy (non-hydrogen) atoms. The molecule has 0 aromatic rings. The molecule has 2 heterocycles.